The highest BCUT2D eigenvalue weighted by Gasteiger charge is 2.35. The third kappa shape index (κ3) is 8.40. The molecule has 2 amide bonds. The number of aryl methyl sites for hydroxylation is 3. The van der Waals surface area contributed by atoms with Crippen LogP contribution in [0.1, 0.15) is 48.1 Å². The summed E-state index contributed by atoms with van der Waals surface area (Å²) in [5.41, 5.74) is 3.73. The summed E-state index contributed by atoms with van der Waals surface area (Å²) in [5.74, 6) is -1.57. The van der Waals surface area contributed by atoms with Gasteiger partial charge in [0.2, 0.25) is 11.8 Å². The number of nitrogens with zero attached hydrogens (tertiary/aromatic N) is 2. The number of carbonyl (C=O) groups excluding carboxylic acids is 2. The topological polar surface area (TPSA) is 86.8 Å². The molecule has 0 aliphatic carbocycles. The molecule has 4 aromatic carbocycles. The van der Waals surface area contributed by atoms with E-state index < -0.39 is 40.2 Å². The molecule has 2 atom stereocenters. The fourth-order valence-electron chi connectivity index (χ4n) is 5.14. The Morgan fingerprint density at radius 3 is 2.13 bits per heavy atom. The maximum Gasteiger partial charge on any atom is 0.264 e. The van der Waals surface area contributed by atoms with Crippen molar-refractivity contribution in [2.24, 2.45) is 0 Å². The van der Waals surface area contributed by atoms with Crippen LogP contribution < -0.4 is 9.62 Å². The molecular weight excluding hydrogens is 601 g/mol. The number of rotatable bonds is 13. The van der Waals surface area contributed by atoms with Crippen molar-refractivity contribution in [1.29, 1.82) is 0 Å². The normalized spacial score (nSPS) is 12.7. The zero-order valence-corrected chi connectivity index (χ0v) is 27.9. The molecule has 9 heteroatoms. The number of hydrogen-bond donors (Lipinski definition) is 1. The van der Waals surface area contributed by atoms with Crippen LogP contribution in [0.4, 0.5) is 10.1 Å². The van der Waals surface area contributed by atoms with Crippen molar-refractivity contribution in [2.45, 2.75) is 71.0 Å². The summed E-state index contributed by atoms with van der Waals surface area (Å²) < 4.78 is 44.7. The highest BCUT2D eigenvalue weighted by atomic mass is 32.2. The van der Waals surface area contributed by atoms with E-state index >= 15 is 4.39 Å². The molecule has 0 radical (unpaired) electrons. The number of hydrogen-bond acceptors (Lipinski definition) is 4. The molecular formula is C37H42FN3O4S. The average molecular weight is 644 g/mol. The summed E-state index contributed by atoms with van der Waals surface area (Å²) in [6.07, 6.45) is 0.817. The predicted octanol–water partition coefficient (Wildman–Crippen LogP) is 6.50. The number of benzene rings is 4. The molecule has 0 unspecified atom stereocenters. The average Bonchev–Trinajstić information content (AvgIpc) is 3.04. The Morgan fingerprint density at radius 2 is 1.48 bits per heavy atom. The first-order valence-corrected chi connectivity index (χ1v) is 16.9. The van der Waals surface area contributed by atoms with E-state index in [1.165, 1.54) is 23.1 Å². The molecule has 0 fully saturated rings. The molecule has 0 aromatic heterocycles. The third-order valence-electron chi connectivity index (χ3n) is 8.09. The minimum Gasteiger partial charge on any atom is -0.352 e. The van der Waals surface area contributed by atoms with Crippen LogP contribution in [-0.4, -0.2) is 43.8 Å². The van der Waals surface area contributed by atoms with Crippen LogP contribution in [0.3, 0.4) is 0 Å². The van der Waals surface area contributed by atoms with Crippen molar-refractivity contribution in [3.8, 4) is 0 Å². The van der Waals surface area contributed by atoms with Gasteiger partial charge in [-0.2, -0.15) is 0 Å². The van der Waals surface area contributed by atoms with Crippen molar-refractivity contribution in [3.05, 3.63) is 131 Å². The van der Waals surface area contributed by atoms with Gasteiger partial charge in [-0.05, 0) is 75.1 Å². The summed E-state index contributed by atoms with van der Waals surface area (Å²) in [5, 5.41) is 2.99. The largest absolute Gasteiger partial charge is 0.352 e. The van der Waals surface area contributed by atoms with Gasteiger partial charge in [-0.1, -0.05) is 85.3 Å². The SMILES string of the molecule is CC[C@@H](C)NC(=O)[C@H](Cc1ccccc1)N(Cc1ccccc1F)C(=O)CN(c1cc(C)ccc1C)S(=O)(=O)c1ccc(C)cc1. The quantitative estimate of drug-likeness (QED) is 0.180. The van der Waals surface area contributed by atoms with Crippen LogP contribution >= 0.6 is 0 Å². The first-order chi connectivity index (χ1) is 21.9. The Labute approximate surface area is 272 Å². The summed E-state index contributed by atoms with van der Waals surface area (Å²) in [7, 11) is -4.24. The van der Waals surface area contributed by atoms with Crippen molar-refractivity contribution in [1.82, 2.24) is 10.2 Å². The zero-order valence-electron chi connectivity index (χ0n) is 27.0. The van der Waals surface area contributed by atoms with Crippen LogP contribution in [-0.2, 0) is 32.6 Å². The van der Waals surface area contributed by atoms with Crippen LogP contribution in [0.2, 0.25) is 0 Å². The molecule has 0 heterocycles. The molecule has 4 rings (SSSR count). The maximum atomic E-state index is 15.1. The van der Waals surface area contributed by atoms with Crippen LogP contribution in [0, 0.1) is 26.6 Å². The van der Waals surface area contributed by atoms with Gasteiger partial charge in [-0.25, -0.2) is 12.8 Å². The van der Waals surface area contributed by atoms with E-state index in [0.717, 1.165) is 21.0 Å². The third-order valence-corrected chi connectivity index (χ3v) is 9.87. The summed E-state index contributed by atoms with van der Waals surface area (Å²) in [4.78, 5) is 29.8. The van der Waals surface area contributed by atoms with Crippen LogP contribution in [0.5, 0.6) is 0 Å². The van der Waals surface area contributed by atoms with E-state index in [-0.39, 0.29) is 29.5 Å². The summed E-state index contributed by atoms with van der Waals surface area (Å²) in [6, 6.07) is 26.0. The van der Waals surface area contributed by atoms with E-state index in [9.17, 15) is 18.0 Å². The van der Waals surface area contributed by atoms with E-state index in [1.54, 1.807) is 43.3 Å². The lowest BCUT2D eigenvalue weighted by molar-refractivity contribution is -0.140. The number of carbonyl (C=O) groups is 2. The van der Waals surface area contributed by atoms with Gasteiger partial charge in [-0.3, -0.25) is 13.9 Å². The molecule has 1 N–H and O–H groups in total. The Morgan fingerprint density at radius 1 is 0.848 bits per heavy atom. The highest BCUT2D eigenvalue weighted by Crippen LogP contribution is 2.29. The fraction of sp³-hybridized carbons (Fsp3) is 0.297. The molecule has 242 valence electrons. The van der Waals surface area contributed by atoms with Gasteiger partial charge in [0.1, 0.15) is 18.4 Å². The predicted molar refractivity (Wildman–Crippen MR) is 180 cm³/mol. The number of nitrogens with one attached hydrogen (secondary N) is 1. The molecule has 0 aliphatic heterocycles. The zero-order chi connectivity index (χ0) is 33.4. The van der Waals surface area contributed by atoms with Gasteiger partial charge in [0.05, 0.1) is 10.6 Å². The van der Waals surface area contributed by atoms with Crippen molar-refractivity contribution < 1.29 is 22.4 Å². The molecule has 0 aliphatic rings. The van der Waals surface area contributed by atoms with Crippen molar-refractivity contribution in [3.63, 3.8) is 0 Å². The van der Waals surface area contributed by atoms with E-state index in [2.05, 4.69) is 5.32 Å². The molecule has 0 spiro atoms. The Bertz CT molecular complexity index is 1760. The van der Waals surface area contributed by atoms with Gasteiger partial charge in [0, 0.05) is 24.6 Å². The van der Waals surface area contributed by atoms with Gasteiger partial charge in [0.25, 0.3) is 10.0 Å². The van der Waals surface area contributed by atoms with Crippen molar-refractivity contribution >= 4 is 27.5 Å². The maximum absolute atomic E-state index is 15.1. The Balaban J connectivity index is 1.85. The molecule has 0 bridgehead atoms. The smallest absolute Gasteiger partial charge is 0.264 e. The van der Waals surface area contributed by atoms with Crippen LogP contribution in [0.25, 0.3) is 0 Å². The first kappa shape index (κ1) is 34.4. The first-order valence-electron chi connectivity index (χ1n) is 15.4. The second-order valence-electron chi connectivity index (χ2n) is 11.8. The minimum atomic E-state index is -4.24. The molecule has 7 nitrogen and oxygen atoms in total. The van der Waals surface area contributed by atoms with Crippen molar-refractivity contribution in [2.75, 3.05) is 10.8 Å². The molecule has 0 saturated carbocycles. The minimum absolute atomic E-state index is 0.0304. The van der Waals surface area contributed by atoms with E-state index in [4.69, 9.17) is 0 Å². The van der Waals surface area contributed by atoms with E-state index in [0.29, 0.717) is 17.7 Å². The lowest BCUT2D eigenvalue weighted by atomic mass is 10.0. The Hall–Kier alpha value is -4.50. The lowest BCUT2D eigenvalue weighted by Gasteiger charge is -2.34. The van der Waals surface area contributed by atoms with E-state index in [1.807, 2.05) is 70.2 Å². The molecule has 0 saturated heterocycles. The van der Waals surface area contributed by atoms with Gasteiger partial charge in [0.15, 0.2) is 0 Å². The van der Waals surface area contributed by atoms with Gasteiger partial charge in [-0.15, -0.1) is 0 Å². The van der Waals surface area contributed by atoms with Crippen LogP contribution in [0.15, 0.2) is 102 Å². The second-order valence-corrected chi connectivity index (χ2v) is 13.6. The Kier molecular flexibility index (Phi) is 11.4. The van der Waals surface area contributed by atoms with Gasteiger partial charge < -0.3 is 10.2 Å². The summed E-state index contributed by atoms with van der Waals surface area (Å²) >= 11 is 0. The number of anilines is 1. The number of sulfonamides is 1. The molecule has 4 aromatic rings. The highest BCUT2D eigenvalue weighted by molar-refractivity contribution is 7.92. The summed E-state index contributed by atoms with van der Waals surface area (Å²) in [6.45, 7) is 8.47. The monoisotopic (exact) mass is 643 g/mol. The standard InChI is InChI=1S/C37H42FN3O4S/c1-6-29(5)39-37(43)35(23-30-12-8-7-9-13-30)40(24-31-14-10-11-15-33(31)38)36(42)25-41(34-22-27(3)16-19-28(34)4)46(44,45)32-20-17-26(2)18-21-32/h7-22,29,35H,6,23-25H2,1-5H3,(H,39,43)/t29-,35+/m1/s1. The number of halogens is 1. The molecule has 46 heavy (non-hydrogen) atoms. The van der Waals surface area contributed by atoms with Gasteiger partial charge >= 0.3 is 0 Å². The fourth-order valence-corrected chi connectivity index (χ4v) is 6.61. The number of amides is 2. The lowest BCUT2D eigenvalue weighted by Crippen LogP contribution is -2.54. The second kappa shape index (κ2) is 15.2.